The number of rotatable bonds is 4. The highest BCUT2D eigenvalue weighted by Crippen LogP contribution is 2.37. The number of aryl methyl sites for hydroxylation is 1. The van der Waals surface area contributed by atoms with Gasteiger partial charge in [0, 0.05) is 25.0 Å². The standard InChI is InChI=1S/C20H20N2O2/c1-4-13-11-8-12-15-16(14-9-6-5-7-10-14)17(20(23)24)19(22(2)3)21-18(13)15/h5-12H,4H2,1-3H3,(H,23,24). The fraction of sp³-hybridized carbons (Fsp3) is 0.200. The largest absolute Gasteiger partial charge is 0.478 e. The molecule has 0 aliphatic carbocycles. The van der Waals surface area contributed by atoms with Crippen molar-refractivity contribution in [2.45, 2.75) is 13.3 Å². The van der Waals surface area contributed by atoms with Crippen molar-refractivity contribution in [2.24, 2.45) is 0 Å². The van der Waals surface area contributed by atoms with Gasteiger partial charge in [0.25, 0.3) is 0 Å². The monoisotopic (exact) mass is 320 g/mol. The molecule has 0 saturated carbocycles. The van der Waals surface area contributed by atoms with E-state index in [1.165, 1.54) is 0 Å². The molecule has 0 fully saturated rings. The molecule has 24 heavy (non-hydrogen) atoms. The van der Waals surface area contributed by atoms with Crippen LogP contribution in [0.3, 0.4) is 0 Å². The molecule has 0 radical (unpaired) electrons. The molecule has 0 bridgehead atoms. The number of fused-ring (bicyclic) bond motifs is 1. The van der Waals surface area contributed by atoms with Crippen molar-refractivity contribution < 1.29 is 9.90 Å². The number of para-hydroxylation sites is 1. The van der Waals surface area contributed by atoms with Gasteiger partial charge in [0.15, 0.2) is 0 Å². The van der Waals surface area contributed by atoms with Crippen LogP contribution >= 0.6 is 0 Å². The Morgan fingerprint density at radius 2 is 1.79 bits per heavy atom. The number of benzene rings is 2. The van der Waals surface area contributed by atoms with E-state index in [0.717, 1.165) is 34.0 Å². The highest BCUT2D eigenvalue weighted by Gasteiger charge is 2.23. The van der Waals surface area contributed by atoms with Crippen LogP contribution in [-0.2, 0) is 6.42 Å². The SMILES string of the molecule is CCc1cccc2c(-c3ccccc3)c(C(=O)O)c(N(C)C)nc12. The van der Waals surface area contributed by atoms with Crippen LogP contribution in [-0.4, -0.2) is 30.2 Å². The van der Waals surface area contributed by atoms with Crippen LogP contribution in [0.1, 0.15) is 22.8 Å². The van der Waals surface area contributed by atoms with E-state index in [2.05, 4.69) is 6.92 Å². The summed E-state index contributed by atoms with van der Waals surface area (Å²) in [6.45, 7) is 2.08. The van der Waals surface area contributed by atoms with Gasteiger partial charge < -0.3 is 10.0 Å². The van der Waals surface area contributed by atoms with Crippen molar-refractivity contribution >= 4 is 22.7 Å². The molecule has 3 aromatic rings. The second-order valence-electron chi connectivity index (χ2n) is 5.92. The molecule has 0 amide bonds. The fourth-order valence-corrected chi connectivity index (χ4v) is 3.05. The topological polar surface area (TPSA) is 53.4 Å². The van der Waals surface area contributed by atoms with E-state index in [0.29, 0.717) is 5.82 Å². The zero-order chi connectivity index (χ0) is 17.3. The van der Waals surface area contributed by atoms with Crippen LogP contribution < -0.4 is 4.90 Å². The van der Waals surface area contributed by atoms with Crippen LogP contribution in [0.4, 0.5) is 5.82 Å². The van der Waals surface area contributed by atoms with E-state index in [-0.39, 0.29) is 5.56 Å². The van der Waals surface area contributed by atoms with Crippen LogP contribution in [0.15, 0.2) is 48.5 Å². The van der Waals surface area contributed by atoms with Crippen molar-refractivity contribution in [2.75, 3.05) is 19.0 Å². The number of anilines is 1. The normalized spacial score (nSPS) is 10.8. The average molecular weight is 320 g/mol. The number of carboxylic acids is 1. The molecule has 0 unspecified atom stereocenters. The van der Waals surface area contributed by atoms with E-state index < -0.39 is 5.97 Å². The molecule has 4 nitrogen and oxygen atoms in total. The molecule has 3 rings (SSSR count). The summed E-state index contributed by atoms with van der Waals surface area (Å²) in [5, 5.41) is 10.8. The lowest BCUT2D eigenvalue weighted by Gasteiger charge is -2.20. The maximum Gasteiger partial charge on any atom is 0.340 e. The van der Waals surface area contributed by atoms with Crippen molar-refractivity contribution in [1.82, 2.24) is 4.98 Å². The van der Waals surface area contributed by atoms with Gasteiger partial charge in [0.1, 0.15) is 11.4 Å². The summed E-state index contributed by atoms with van der Waals surface area (Å²) in [5.41, 5.74) is 3.84. The lowest BCUT2D eigenvalue weighted by Crippen LogP contribution is -2.17. The Balaban J connectivity index is 2.53. The summed E-state index contributed by atoms with van der Waals surface area (Å²) >= 11 is 0. The Morgan fingerprint density at radius 1 is 1.08 bits per heavy atom. The highest BCUT2D eigenvalue weighted by molar-refractivity contribution is 6.10. The summed E-state index contributed by atoms with van der Waals surface area (Å²) in [6, 6.07) is 15.6. The molecule has 0 spiro atoms. The molecular formula is C20H20N2O2. The zero-order valence-corrected chi connectivity index (χ0v) is 14.1. The van der Waals surface area contributed by atoms with E-state index >= 15 is 0 Å². The molecule has 0 aliphatic heterocycles. The predicted octanol–water partition coefficient (Wildman–Crippen LogP) is 4.23. The van der Waals surface area contributed by atoms with Crippen molar-refractivity contribution in [3.63, 3.8) is 0 Å². The lowest BCUT2D eigenvalue weighted by atomic mass is 9.93. The van der Waals surface area contributed by atoms with Crippen LogP contribution in [0.2, 0.25) is 0 Å². The van der Waals surface area contributed by atoms with Gasteiger partial charge >= 0.3 is 5.97 Å². The molecule has 2 aromatic carbocycles. The molecule has 122 valence electrons. The van der Waals surface area contributed by atoms with Gasteiger partial charge in [0.05, 0.1) is 5.52 Å². The second-order valence-corrected chi connectivity index (χ2v) is 5.92. The van der Waals surface area contributed by atoms with E-state index in [9.17, 15) is 9.90 Å². The Labute approximate surface area is 141 Å². The number of pyridine rings is 1. The number of nitrogens with zero attached hydrogens (tertiary/aromatic N) is 2. The van der Waals surface area contributed by atoms with Gasteiger partial charge in [-0.3, -0.25) is 0 Å². The summed E-state index contributed by atoms with van der Waals surface area (Å²) in [5.74, 6) is -0.483. The van der Waals surface area contributed by atoms with E-state index in [1.54, 1.807) is 4.90 Å². The molecule has 1 heterocycles. The Bertz CT molecular complexity index is 902. The highest BCUT2D eigenvalue weighted by atomic mass is 16.4. The summed E-state index contributed by atoms with van der Waals surface area (Å²) in [4.78, 5) is 18.5. The molecule has 1 aromatic heterocycles. The number of hydrogen-bond acceptors (Lipinski definition) is 3. The third kappa shape index (κ3) is 2.60. The maximum absolute atomic E-state index is 12.1. The van der Waals surface area contributed by atoms with Gasteiger partial charge in [0.2, 0.25) is 0 Å². The first-order valence-electron chi connectivity index (χ1n) is 7.96. The van der Waals surface area contributed by atoms with Gasteiger partial charge in [-0.25, -0.2) is 9.78 Å². The minimum Gasteiger partial charge on any atom is -0.478 e. The summed E-state index contributed by atoms with van der Waals surface area (Å²) < 4.78 is 0. The van der Waals surface area contributed by atoms with Crippen molar-refractivity contribution in [1.29, 1.82) is 0 Å². The quantitative estimate of drug-likeness (QED) is 0.781. The smallest absolute Gasteiger partial charge is 0.340 e. The number of carboxylic acid groups (broad SMARTS) is 1. The maximum atomic E-state index is 12.1. The van der Waals surface area contributed by atoms with Gasteiger partial charge in [-0.1, -0.05) is 55.5 Å². The minimum atomic E-state index is -0.964. The molecule has 0 atom stereocenters. The summed E-state index contributed by atoms with van der Waals surface area (Å²) in [6.07, 6.45) is 0.845. The summed E-state index contributed by atoms with van der Waals surface area (Å²) in [7, 11) is 3.65. The minimum absolute atomic E-state index is 0.243. The zero-order valence-electron chi connectivity index (χ0n) is 14.1. The first kappa shape index (κ1) is 16.0. The first-order chi connectivity index (χ1) is 11.5. The van der Waals surface area contributed by atoms with Gasteiger partial charge in [-0.15, -0.1) is 0 Å². The van der Waals surface area contributed by atoms with Crippen LogP contribution in [0.25, 0.3) is 22.0 Å². The number of hydrogen-bond donors (Lipinski definition) is 1. The molecule has 1 N–H and O–H groups in total. The Morgan fingerprint density at radius 3 is 2.38 bits per heavy atom. The molecule has 0 saturated heterocycles. The number of aromatic nitrogens is 1. The van der Waals surface area contributed by atoms with Gasteiger partial charge in [-0.2, -0.15) is 0 Å². The van der Waals surface area contributed by atoms with Crippen molar-refractivity contribution in [3.05, 3.63) is 59.7 Å². The average Bonchev–Trinajstić information content (AvgIpc) is 2.59. The Kier molecular flexibility index (Phi) is 4.21. The van der Waals surface area contributed by atoms with Crippen LogP contribution in [0, 0.1) is 0 Å². The fourth-order valence-electron chi connectivity index (χ4n) is 3.05. The third-order valence-corrected chi connectivity index (χ3v) is 4.16. The molecular weight excluding hydrogens is 300 g/mol. The molecule has 4 heteroatoms. The second kappa shape index (κ2) is 6.32. The number of carbonyl (C=O) groups is 1. The van der Waals surface area contributed by atoms with E-state index in [4.69, 9.17) is 4.98 Å². The Hall–Kier alpha value is -2.88. The number of aromatic carboxylic acids is 1. The lowest BCUT2D eigenvalue weighted by molar-refractivity contribution is 0.0698. The van der Waals surface area contributed by atoms with E-state index in [1.807, 2.05) is 62.6 Å². The van der Waals surface area contributed by atoms with Crippen LogP contribution in [0.5, 0.6) is 0 Å². The van der Waals surface area contributed by atoms with Gasteiger partial charge in [-0.05, 0) is 17.5 Å². The third-order valence-electron chi connectivity index (χ3n) is 4.16. The predicted molar refractivity (Wildman–Crippen MR) is 97.8 cm³/mol. The molecule has 0 aliphatic rings. The first-order valence-corrected chi connectivity index (χ1v) is 7.96. The van der Waals surface area contributed by atoms with Crippen molar-refractivity contribution in [3.8, 4) is 11.1 Å².